The summed E-state index contributed by atoms with van der Waals surface area (Å²) in [6.07, 6.45) is 0.799. The summed E-state index contributed by atoms with van der Waals surface area (Å²) in [4.78, 5) is 0. The van der Waals surface area contributed by atoms with Crippen LogP contribution in [0.4, 0.5) is 0 Å². The van der Waals surface area contributed by atoms with Gasteiger partial charge in [0.25, 0.3) is 0 Å². The van der Waals surface area contributed by atoms with Crippen LogP contribution in [-0.4, -0.2) is 35.3 Å². The minimum atomic E-state index is -3.05. The van der Waals surface area contributed by atoms with Crippen molar-refractivity contribution >= 4 is 7.94 Å². The SMILES string of the molecule is CC(C)=CO[P+](CO)(OCO)OCO. The molecule has 0 aromatic heterocycles. The number of hydrogen-bond acceptors (Lipinski definition) is 6. The molecule has 0 saturated carbocycles. The van der Waals surface area contributed by atoms with E-state index < -0.39 is 27.9 Å². The highest BCUT2D eigenvalue weighted by atomic mass is 31.2. The smallest absolute Gasteiger partial charge is 0.367 e. The molecule has 7 heteroatoms. The van der Waals surface area contributed by atoms with Gasteiger partial charge in [-0.25, -0.2) is 0 Å². The Kier molecular flexibility index (Phi) is 7.00. The van der Waals surface area contributed by atoms with Crippen molar-refractivity contribution in [2.45, 2.75) is 13.8 Å². The summed E-state index contributed by atoms with van der Waals surface area (Å²) in [7, 11) is -3.05. The Morgan fingerprint density at radius 2 is 1.64 bits per heavy atom. The summed E-state index contributed by atoms with van der Waals surface area (Å²) in [5.74, 6) is 0. The van der Waals surface area contributed by atoms with E-state index in [1.807, 2.05) is 0 Å². The van der Waals surface area contributed by atoms with Crippen LogP contribution in [0.25, 0.3) is 0 Å². The molecule has 0 atom stereocenters. The molecule has 0 radical (unpaired) electrons. The quantitative estimate of drug-likeness (QED) is 0.335. The summed E-state index contributed by atoms with van der Waals surface area (Å²) in [6, 6.07) is 0. The van der Waals surface area contributed by atoms with Crippen LogP contribution in [-0.2, 0) is 13.6 Å². The van der Waals surface area contributed by atoms with Crippen LogP contribution in [0.2, 0.25) is 0 Å². The third-order valence-corrected chi connectivity index (χ3v) is 2.92. The van der Waals surface area contributed by atoms with E-state index >= 15 is 0 Å². The third-order valence-electron chi connectivity index (χ3n) is 1.13. The zero-order valence-electron chi connectivity index (χ0n) is 8.21. The van der Waals surface area contributed by atoms with Crippen LogP contribution in [0, 0.1) is 0 Å². The van der Waals surface area contributed by atoms with Gasteiger partial charge in [-0.3, -0.25) is 4.52 Å². The van der Waals surface area contributed by atoms with Gasteiger partial charge in [0, 0.05) is 0 Å². The number of hydrogen-bond donors (Lipinski definition) is 3. The van der Waals surface area contributed by atoms with E-state index in [-0.39, 0.29) is 0 Å². The Morgan fingerprint density at radius 3 is 1.93 bits per heavy atom. The van der Waals surface area contributed by atoms with Gasteiger partial charge >= 0.3 is 7.94 Å². The van der Waals surface area contributed by atoms with Crippen LogP contribution in [0.15, 0.2) is 11.8 Å². The highest BCUT2D eigenvalue weighted by molar-refractivity contribution is 7.61. The van der Waals surface area contributed by atoms with Crippen molar-refractivity contribution in [2.75, 3.05) is 19.9 Å². The first-order valence-electron chi connectivity index (χ1n) is 3.91. The molecule has 0 bridgehead atoms. The van der Waals surface area contributed by atoms with Crippen molar-refractivity contribution in [3.8, 4) is 0 Å². The zero-order chi connectivity index (χ0) is 11.0. The first-order valence-corrected chi connectivity index (χ1v) is 5.64. The fourth-order valence-electron chi connectivity index (χ4n) is 0.575. The lowest BCUT2D eigenvalue weighted by molar-refractivity contribution is 0.0161. The first kappa shape index (κ1) is 13.8. The van der Waals surface area contributed by atoms with Crippen LogP contribution in [0.5, 0.6) is 0 Å². The molecular weight excluding hydrogens is 211 g/mol. The second-order valence-electron chi connectivity index (χ2n) is 2.57. The fourth-order valence-corrected chi connectivity index (χ4v) is 1.72. The maximum atomic E-state index is 8.97. The van der Waals surface area contributed by atoms with E-state index in [1.165, 1.54) is 6.26 Å². The lowest BCUT2D eigenvalue weighted by Crippen LogP contribution is -2.10. The molecule has 0 aliphatic carbocycles. The average Bonchev–Trinajstić information content (AvgIpc) is 2.15. The van der Waals surface area contributed by atoms with E-state index in [2.05, 4.69) is 0 Å². The Hall–Kier alpha value is -0.230. The van der Waals surface area contributed by atoms with Gasteiger partial charge in [0.15, 0.2) is 13.6 Å². The Morgan fingerprint density at radius 1 is 1.14 bits per heavy atom. The van der Waals surface area contributed by atoms with Gasteiger partial charge in [-0.15, -0.1) is 9.05 Å². The highest BCUT2D eigenvalue weighted by Gasteiger charge is 2.45. The molecule has 0 aliphatic heterocycles. The minimum Gasteiger partial charge on any atom is -0.367 e. The molecule has 0 unspecified atom stereocenters. The topological polar surface area (TPSA) is 88.4 Å². The van der Waals surface area contributed by atoms with Gasteiger partial charge in [0.1, 0.15) is 6.26 Å². The van der Waals surface area contributed by atoms with E-state index in [0.29, 0.717) is 0 Å². The van der Waals surface area contributed by atoms with E-state index in [4.69, 9.17) is 28.9 Å². The number of rotatable bonds is 7. The van der Waals surface area contributed by atoms with Gasteiger partial charge < -0.3 is 15.3 Å². The predicted octanol–water partition coefficient (Wildman–Crippen LogP) is 0.572. The van der Waals surface area contributed by atoms with Gasteiger partial charge in [0.2, 0.25) is 6.35 Å². The van der Waals surface area contributed by atoms with Gasteiger partial charge in [-0.1, -0.05) is 0 Å². The van der Waals surface area contributed by atoms with Gasteiger partial charge in [-0.2, -0.15) is 0 Å². The summed E-state index contributed by atoms with van der Waals surface area (Å²) >= 11 is 0. The standard InChI is InChI=1S/C7H16O6P/c1-7(2)3-11-14(6-10,12-4-8)13-5-9/h3,8-10H,4-6H2,1-2H3/q+1. The second-order valence-corrected chi connectivity index (χ2v) is 4.80. The zero-order valence-corrected chi connectivity index (χ0v) is 9.11. The van der Waals surface area contributed by atoms with Gasteiger partial charge in [0.05, 0.1) is 0 Å². The van der Waals surface area contributed by atoms with Crippen LogP contribution >= 0.6 is 7.94 Å². The molecule has 14 heavy (non-hydrogen) atoms. The molecule has 0 amide bonds. The van der Waals surface area contributed by atoms with Crippen molar-refractivity contribution in [1.29, 1.82) is 0 Å². The van der Waals surface area contributed by atoms with Crippen LogP contribution in [0.1, 0.15) is 13.8 Å². The molecule has 0 aliphatic rings. The molecule has 0 spiro atoms. The molecule has 0 fully saturated rings. The Bertz CT molecular complexity index is 173. The predicted molar refractivity (Wildman–Crippen MR) is 50.9 cm³/mol. The van der Waals surface area contributed by atoms with Crippen molar-refractivity contribution in [3.63, 3.8) is 0 Å². The second kappa shape index (κ2) is 7.11. The summed E-state index contributed by atoms with van der Waals surface area (Å²) in [5, 5.41) is 26.1. The van der Waals surface area contributed by atoms with E-state index in [0.717, 1.165) is 5.57 Å². The molecule has 0 saturated heterocycles. The Labute approximate surface area is 83.3 Å². The average molecular weight is 227 g/mol. The van der Waals surface area contributed by atoms with E-state index in [1.54, 1.807) is 13.8 Å². The lowest BCUT2D eigenvalue weighted by Gasteiger charge is -2.16. The summed E-state index contributed by atoms with van der Waals surface area (Å²) < 4.78 is 14.5. The summed E-state index contributed by atoms with van der Waals surface area (Å²) in [5.41, 5.74) is 0.839. The maximum Gasteiger partial charge on any atom is 0.487 e. The lowest BCUT2D eigenvalue weighted by atomic mass is 10.4. The molecule has 0 rings (SSSR count). The van der Waals surface area contributed by atoms with Crippen molar-refractivity contribution in [3.05, 3.63) is 11.8 Å². The highest BCUT2D eigenvalue weighted by Crippen LogP contribution is 2.61. The Balaban J connectivity index is 4.40. The minimum absolute atomic E-state index is 0.544. The largest absolute Gasteiger partial charge is 0.487 e. The monoisotopic (exact) mass is 227 g/mol. The molecule has 0 aromatic carbocycles. The van der Waals surface area contributed by atoms with E-state index in [9.17, 15) is 0 Å². The van der Waals surface area contributed by atoms with Crippen molar-refractivity contribution in [2.24, 2.45) is 0 Å². The third kappa shape index (κ3) is 4.85. The number of aliphatic hydroxyl groups is 3. The summed E-state index contributed by atoms with van der Waals surface area (Å²) in [6.45, 7) is 2.27. The van der Waals surface area contributed by atoms with Crippen LogP contribution in [0.3, 0.4) is 0 Å². The molecule has 6 nitrogen and oxygen atoms in total. The van der Waals surface area contributed by atoms with Crippen molar-refractivity contribution in [1.82, 2.24) is 0 Å². The maximum absolute atomic E-state index is 8.97. The molecule has 84 valence electrons. The van der Waals surface area contributed by atoms with Crippen molar-refractivity contribution < 1.29 is 28.9 Å². The van der Waals surface area contributed by atoms with Crippen LogP contribution < -0.4 is 0 Å². The molecule has 3 N–H and O–H groups in total. The number of allylic oxidation sites excluding steroid dienone is 1. The van der Waals surface area contributed by atoms with Gasteiger partial charge in [-0.05, 0) is 19.4 Å². The fraction of sp³-hybridized carbons (Fsp3) is 0.714. The number of aliphatic hydroxyl groups excluding tert-OH is 3. The normalized spacial score (nSPS) is 11.2. The molecule has 0 heterocycles. The molecular formula is C7H16O6P+. The first-order chi connectivity index (χ1) is 6.60. The molecule has 0 aromatic rings.